The standard InChI is InChI=1S/C15H15N5O/c1-21-15-7-6-12(9-18-15)8-17-13-4-2-3-5-14(13)20-11-16-10-19-20/h2-7,9-11,17H,8H2,1H3. The summed E-state index contributed by atoms with van der Waals surface area (Å²) < 4.78 is 6.78. The lowest BCUT2D eigenvalue weighted by atomic mass is 10.2. The summed E-state index contributed by atoms with van der Waals surface area (Å²) in [7, 11) is 1.61. The first-order chi connectivity index (χ1) is 10.4. The fourth-order valence-corrected chi connectivity index (χ4v) is 1.99. The van der Waals surface area contributed by atoms with E-state index in [2.05, 4.69) is 20.4 Å². The summed E-state index contributed by atoms with van der Waals surface area (Å²) in [5.74, 6) is 0.613. The first-order valence-electron chi connectivity index (χ1n) is 6.53. The number of hydrogen-bond acceptors (Lipinski definition) is 5. The van der Waals surface area contributed by atoms with Crippen molar-refractivity contribution in [1.82, 2.24) is 19.7 Å². The van der Waals surface area contributed by atoms with Gasteiger partial charge in [0.1, 0.15) is 12.7 Å². The SMILES string of the molecule is COc1ccc(CNc2ccccc2-n2cncn2)cn1. The molecule has 0 bridgehead atoms. The first-order valence-corrected chi connectivity index (χ1v) is 6.53. The number of para-hydroxylation sites is 2. The number of nitrogens with zero attached hydrogens (tertiary/aromatic N) is 4. The highest BCUT2D eigenvalue weighted by atomic mass is 16.5. The Morgan fingerprint density at radius 1 is 1.19 bits per heavy atom. The average Bonchev–Trinajstić information content (AvgIpc) is 3.08. The third-order valence-corrected chi connectivity index (χ3v) is 3.06. The van der Waals surface area contributed by atoms with Gasteiger partial charge in [-0.1, -0.05) is 18.2 Å². The molecule has 21 heavy (non-hydrogen) atoms. The summed E-state index contributed by atoms with van der Waals surface area (Å²) in [6, 6.07) is 11.8. The molecule has 3 aromatic rings. The Bertz CT molecular complexity index is 694. The number of pyridine rings is 1. The quantitative estimate of drug-likeness (QED) is 0.777. The lowest BCUT2D eigenvalue weighted by Gasteiger charge is -2.11. The van der Waals surface area contributed by atoms with Gasteiger partial charge in [-0.25, -0.2) is 14.6 Å². The van der Waals surface area contributed by atoms with Gasteiger partial charge in [0.15, 0.2) is 0 Å². The normalized spacial score (nSPS) is 10.3. The van der Waals surface area contributed by atoms with E-state index in [1.807, 2.05) is 36.4 Å². The highest BCUT2D eigenvalue weighted by Crippen LogP contribution is 2.19. The number of methoxy groups -OCH3 is 1. The molecule has 6 heteroatoms. The maximum Gasteiger partial charge on any atom is 0.212 e. The van der Waals surface area contributed by atoms with Crippen molar-refractivity contribution in [3.63, 3.8) is 0 Å². The van der Waals surface area contributed by atoms with Crippen molar-refractivity contribution in [2.75, 3.05) is 12.4 Å². The van der Waals surface area contributed by atoms with Crippen LogP contribution in [0.25, 0.3) is 5.69 Å². The van der Waals surface area contributed by atoms with Crippen molar-refractivity contribution in [3.8, 4) is 11.6 Å². The maximum absolute atomic E-state index is 5.05. The molecule has 1 N–H and O–H groups in total. The van der Waals surface area contributed by atoms with Crippen LogP contribution < -0.4 is 10.1 Å². The van der Waals surface area contributed by atoms with E-state index in [1.54, 1.807) is 24.3 Å². The number of hydrogen-bond donors (Lipinski definition) is 1. The molecular formula is C15H15N5O. The molecule has 0 amide bonds. The van der Waals surface area contributed by atoms with Gasteiger partial charge in [-0.15, -0.1) is 0 Å². The molecule has 6 nitrogen and oxygen atoms in total. The first kappa shape index (κ1) is 13.1. The number of nitrogens with one attached hydrogen (secondary N) is 1. The molecule has 0 saturated heterocycles. The van der Waals surface area contributed by atoms with Crippen LogP contribution in [0, 0.1) is 0 Å². The fourth-order valence-electron chi connectivity index (χ4n) is 1.99. The van der Waals surface area contributed by atoms with E-state index in [0.29, 0.717) is 12.4 Å². The average molecular weight is 281 g/mol. The minimum atomic E-state index is 0.613. The van der Waals surface area contributed by atoms with Crippen molar-refractivity contribution < 1.29 is 4.74 Å². The lowest BCUT2D eigenvalue weighted by molar-refractivity contribution is 0.397. The van der Waals surface area contributed by atoms with E-state index in [0.717, 1.165) is 16.9 Å². The number of ether oxygens (including phenoxy) is 1. The summed E-state index contributed by atoms with van der Waals surface area (Å²) in [5.41, 5.74) is 3.01. The summed E-state index contributed by atoms with van der Waals surface area (Å²) in [4.78, 5) is 8.17. The fraction of sp³-hybridized carbons (Fsp3) is 0.133. The van der Waals surface area contributed by atoms with Crippen LogP contribution in [0.3, 0.4) is 0 Å². The van der Waals surface area contributed by atoms with E-state index >= 15 is 0 Å². The zero-order valence-corrected chi connectivity index (χ0v) is 11.6. The monoisotopic (exact) mass is 281 g/mol. The van der Waals surface area contributed by atoms with Gasteiger partial charge in [-0.05, 0) is 17.7 Å². The summed E-state index contributed by atoms with van der Waals surface area (Å²) in [5, 5.41) is 7.55. The molecule has 0 spiro atoms. The van der Waals surface area contributed by atoms with Gasteiger partial charge in [-0.3, -0.25) is 0 Å². The number of aromatic nitrogens is 4. The molecule has 2 aromatic heterocycles. The third-order valence-electron chi connectivity index (χ3n) is 3.06. The van der Waals surface area contributed by atoms with Crippen LogP contribution in [0.5, 0.6) is 5.88 Å². The van der Waals surface area contributed by atoms with Crippen LogP contribution in [0.2, 0.25) is 0 Å². The van der Waals surface area contributed by atoms with Gasteiger partial charge < -0.3 is 10.1 Å². The second-order valence-corrected chi connectivity index (χ2v) is 4.42. The smallest absolute Gasteiger partial charge is 0.212 e. The van der Waals surface area contributed by atoms with Crippen LogP contribution in [0.1, 0.15) is 5.56 Å². The van der Waals surface area contributed by atoms with Crippen LogP contribution in [-0.4, -0.2) is 26.9 Å². The van der Waals surface area contributed by atoms with Gasteiger partial charge >= 0.3 is 0 Å². The summed E-state index contributed by atoms with van der Waals surface area (Å²) >= 11 is 0. The summed E-state index contributed by atoms with van der Waals surface area (Å²) in [6.45, 7) is 0.669. The minimum Gasteiger partial charge on any atom is -0.481 e. The predicted molar refractivity (Wildman–Crippen MR) is 79.5 cm³/mol. The second kappa shape index (κ2) is 6.04. The third kappa shape index (κ3) is 3.00. The number of benzene rings is 1. The Morgan fingerprint density at radius 2 is 2.10 bits per heavy atom. The molecule has 0 aliphatic heterocycles. The van der Waals surface area contributed by atoms with Crippen molar-refractivity contribution in [3.05, 3.63) is 60.8 Å². The lowest BCUT2D eigenvalue weighted by Crippen LogP contribution is -2.05. The Morgan fingerprint density at radius 3 is 2.81 bits per heavy atom. The Hall–Kier alpha value is -2.89. The van der Waals surface area contributed by atoms with Gasteiger partial charge in [-0.2, -0.15) is 5.10 Å². The van der Waals surface area contributed by atoms with Crippen LogP contribution in [0.15, 0.2) is 55.2 Å². The van der Waals surface area contributed by atoms with Crippen molar-refractivity contribution >= 4 is 5.69 Å². The van der Waals surface area contributed by atoms with Gasteiger partial charge in [0.2, 0.25) is 5.88 Å². The number of anilines is 1. The highest BCUT2D eigenvalue weighted by molar-refractivity contribution is 5.60. The molecule has 0 saturated carbocycles. The molecule has 1 aromatic carbocycles. The second-order valence-electron chi connectivity index (χ2n) is 4.42. The van der Waals surface area contributed by atoms with Crippen LogP contribution >= 0.6 is 0 Å². The van der Waals surface area contributed by atoms with E-state index in [9.17, 15) is 0 Å². The minimum absolute atomic E-state index is 0.613. The van der Waals surface area contributed by atoms with Gasteiger partial charge in [0.05, 0.1) is 18.5 Å². The molecule has 0 fully saturated rings. The van der Waals surface area contributed by atoms with E-state index < -0.39 is 0 Å². The molecule has 0 atom stereocenters. The zero-order chi connectivity index (χ0) is 14.5. The molecule has 0 aliphatic rings. The molecule has 2 heterocycles. The number of rotatable bonds is 5. The largest absolute Gasteiger partial charge is 0.481 e. The van der Waals surface area contributed by atoms with Crippen molar-refractivity contribution in [1.29, 1.82) is 0 Å². The zero-order valence-electron chi connectivity index (χ0n) is 11.6. The van der Waals surface area contributed by atoms with E-state index in [4.69, 9.17) is 4.74 Å². The molecule has 0 radical (unpaired) electrons. The van der Waals surface area contributed by atoms with Gasteiger partial charge in [0, 0.05) is 18.8 Å². The Labute approximate surface area is 122 Å². The highest BCUT2D eigenvalue weighted by Gasteiger charge is 2.04. The van der Waals surface area contributed by atoms with Crippen LogP contribution in [0.4, 0.5) is 5.69 Å². The van der Waals surface area contributed by atoms with Gasteiger partial charge in [0.25, 0.3) is 0 Å². The summed E-state index contributed by atoms with van der Waals surface area (Å²) in [6.07, 6.45) is 4.99. The predicted octanol–water partition coefficient (Wildman–Crippen LogP) is 2.28. The molecule has 0 aliphatic carbocycles. The Kier molecular flexibility index (Phi) is 3.77. The molecule has 3 rings (SSSR count). The molecule has 0 unspecified atom stereocenters. The van der Waals surface area contributed by atoms with E-state index in [1.165, 1.54) is 6.33 Å². The topological polar surface area (TPSA) is 64.9 Å². The van der Waals surface area contributed by atoms with E-state index in [-0.39, 0.29) is 0 Å². The Balaban J connectivity index is 1.76. The van der Waals surface area contributed by atoms with Crippen molar-refractivity contribution in [2.24, 2.45) is 0 Å². The van der Waals surface area contributed by atoms with Crippen molar-refractivity contribution in [2.45, 2.75) is 6.54 Å². The molecule has 106 valence electrons. The molecular weight excluding hydrogens is 266 g/mol. The maximum atomic E-state index is 5.05. The van der Waals surface area contributed by atoms with Crippen LogP contribution in [-0.2, 0) is 6.54 Å².